The molecule has 5 nitrogen and oxygen atoms in total. The molecule has 5 heteroatoms. The van der Waals surface area contributed by atoms with Gasteiger partial charge in [0.25, 0.3) is 17.7 Å². The molecule has 4 rings (SSSR count). The van der Waals surface area contributed by atoms with Crippen LogP contribution in [0.3, 0.4) is 0 Å². The maximum Gasteiger partial charge on any atom is 0.266 e. The molecule has 1 atom stereocenters. The minimum atomic E-state index is -0.401. The first-order chi connectivity index (χ1) is 14.8. The smallest absolute Gasteiger partial charge is 0.266 e. The third-order valence-corrected chi connectivity index (χ3v) is 5.92. The molecule has 3 aromatic rings. The lowest BCUT2D eigenvalue weighted by Gasteiger charge is -2.25. The topological polar surface area (TPSA) is 57.7 Å². The fourth-order valence-electron chi connectivity index (χ4n) is 3.89. The summed E-state index contributed by atoms with van der Waals surface area (Å²) in [6.45, 7) is 5.74. The maximum atomic E-state index is 13.2. The van der Waals surface area contributed by atoms with Gasteiger partial charge in [0.2, 0.25) is 0 Å². The molecule has 0 bridgehead atoms. The molecular formula is C26H24N2O3. The average Bonchev–Trinajstić information content (AvgIpc) is 3.04. The number of nitrogens with zero attached hydrogens (tertiary/aromatic N) is 2. The molecule has 0 N–H and O–H groups in total. The van der Waals surface area contributed by atoms with Crippen LogP contribution in [0, 0.1) is 13.8 Å². The van der Waals surface area contributed by atoms with Gasteiger partial charge in [0, 0.05) is 12.6 Å². The summed E-state index contributed by atoms with van der Waals surface area (Å²) in [4.78, 5) is 42.1. The van der Waals surface area contributed by atoms with E-state index in [0.29, 0.717) is 16.8 Å². The van der Waals surface area contributed by atoms with Gasteiger partial charge in [-0.3, -0.25) is 14.4 Å². The predicted molar refractivity (Wildman–Crippen MR) is 120 cm³/mol. The second-order valence-corrected chi connectivity index (χ2v) is 8.00. The van der Waals surface area contributed by atoms with Gasteiger partial charge < -0.3 is 4.90 Å². The molecule has 0 fully saturated rings. The molecule has 1 heterocycles. The Balaban J connectivity index is 1.65. The van der Waals surface area contributed by atoms with Crippen LogP contribution in [0.15, 0.2) is 66.7 Å². The highest BCUT2D eigenvalue weighted by Gasteiger charge is 2.38. The summed E-state index contributed by atoms with van der Waals surface area (Å²) in [5, 5.41) is 0. The Morgan fingerprint density at radius 2 is 1.55 bits per heavy atom. The summed E-state index contributed by atoms with van der Waals surface area (Å²) in [6, 6.07) is 20.0. The fourth-order valence-corrected chi connectivity index (χ4v) is 3.89. The number of carbonyl (C=O) groups is 3. The third-order valence-electron chi connectivity index (χ3n) is 5.92. The maximum absolute atomic E-state index is 13.2. The molecule has 1 aliphatic heterocycles. The van der Waals surface area contributed by atoms with Crippen LogP contribution >= 0.6 is 0 Å². The van der Waals surface area contributed by atoms with E-state index < -0.39 is 5.91 Å². The van der Waals surface area contributed by atoms with E-state index >= 15 is 0 Å². The first-order valence-electron chi connectivity index (χ1n) is 10.2. The molecular weight excluding hydrogens is 388 g/mol. The van der Waals surface area contributed by atoms with Crippen molar-refractivity contribution in [3.63, 3.8) is 0 Å². The van der Waals surface area contributed by atoms with Gasteiger partial charge in [0.15, 0.2) is 0 Å². The van der Waals surface area contributed by atoms with Crippen LogP contribution in [-0.4, -0.2) is 29.7 Å². The number of benzene rings is 3. The van der Waals surface area contributed by atoms with E-state index in [9.17, 15) is 14.4 Å². The number of hydrogen-bond donors (Lipinski definition) is 0. The zero-order valence-electron chi connectivity index (χ0n) is 18.0. The van der Waals surface area contributed by atoms with E-state index in [1.165, 1.54) is 11.0 Å². The van der Waals surface area contributed by atoms with Gasteiger partial charge in [-0.1, -0.05) is 42.5 Å². The van der Waals surface area contributed by atoms with E-state index in [2.05, 4.69) is 0 Å². The van der Waals surface area contributed by atoms with Gasteiger partial charge in [0.1, 0.15) is 0 Å². The van der Waals surface area contributed by atoms with Crippen LogP contribution in [-0.2, 0) is 0 Å². The van der Waals surface area contributed by atoms with Crippen LogP contribution in [0.25, 0.3) is 0 Å². The lowest BCUT2D eigenvalue weighted by atomic mass is 10.0. The van der Waals surface area contributed by atoms with Crippen LogP contribution in [0.2, 0.25) is 0 Å². The largest absolute Gasteiger partial charge is 0.335 e. The van der Waals surface area contributed by atoms with Gasteiger partial charge in [-0.05, 0) is 61.7 Å². The van der Waals surface area contributed by atoms with Crippen LogP contribution in [0.1, 0.15) is 60.7 Å². The Bertz CT molecular complexity index is 1200. The highest BCUT2D eigenvalue weighted by Crippen LogP contribution is 2.32. The number of hydrogen-bond acceptors (Lipinski definition) is 3. The highest BCUT2D eigenvalue weighted by atomic mass is 16.2. The van der Waals surface area contributed by atoms with Crippen molar-refractivity contribution >= 4 is 23.4 Å². The molecule has 3 aromatic carbocycles. The minimum absolute atomic E-state index is 0.134. The zero-order chi connectivity index (χ0) is 22.3. The molecule has 156 valence electrons. The first-order valence-corrected chi connectivity index (χ1v) is 10.2. The second kappa shape index (κ2) is 7.84. The molecule has 0 unspecified atom stereocenters. The molecule has 0 radical (unpaired) electrons. The number of amides is 3. The van der Waals surface area contributed by atoms with E-state index in [1.807, 2.05) is 69.3 Å². The molecule has 3 amide bonds. The first kappa shape index (κ1) is 20.5. The van der Waals surface area contributed by atoms with Crippen molar-refractivity contribution in [3.05, 3.63) is 100 Å². The van der Waals surface area contributed by atoms with Crippen LogP contribution in [0.5, 0.6) is 0 Å². The summed E-state index contributed by atoms with van der Waals surface area (Å²) in [7, 11) is 1.74. The van der Waals surface area contributed by atoms with Crippen molar-refractivity contribution in [2.45, 2.75) is 26.8 Å². The molecule has 0 spiro atoms. The number of fused-ring (bicyclic) bond motifs is 1. The van der Waals surface area contributed by atoms with Crippen molar-refractivity contribution in [3.8, 4) is 0 Å². The monoisotopic (exact) mass is 412 g/mol. The Morgan fingerprint density at radius 1 is 0.871 bits per heavy atom. The quantitative estimate of drug-likeness (QED) is 0.571. The second-order valence-electron chi connectivity index (χ2n) is 8.00. The third kappa shape index (κ3) is 3.52. The van der Waals surface area contributed by atoms with Gasteiger partial charge in [-0.2, -0.15) is 0 Å². The standard InChI is InChI=1S/C26H24N2O3/c1-16-10-11-17(2)23(14-16)28-25(30)21-13-12-20(15-22(21)26(28)31)24(29)27(4)18(3)19-8-6-5-7-9-19/h5-15,18H,1-4H3/t18-/m1/s1. The van der Waals surface area contributed by atoms with E-state index in [0.717, 1.165) is 16.7 Å². The summed E-state index contributed by atoms with van der Waals surface area (Å²) in [5.41, 5.74) is 4.37. The highest BCUT2D eigenvalue weighted by molar-refractivity contribution is 6.35. The lowest BCUT2D eigenvalue weighted by molar-refractivity contribution is 0.0742. The summed E-state index contributed by atoms with van der Waals surface area (Å²) >= 11 is 0. The van der Waals surface area contributed by atoms with Gasteiger partial charge >= 0.3 is 0 Å². The number of carbonyl (C=O) groups excluding carboxylic acids is 3. The Hall–Kier alpha value is -3.73. The predicted octanol–water partition coefficient (Wildman–Crippen LogP) is 4.94. The van der Waals surface area contributed by atoms with Gasteiger partial charge in [-0.15, -0.1) is 0 Å². The van der Waals surface area contributed by atoms with Crippen LogP contribution < -0.4 is 4.90 Å². The molecule has 0 aliphatic carbocycles. The summed E-state index contributed by atoms with van der Waals surface area (Å²) in [6.07, 6.45) is 0. The van der Waals surface area contributed by atoms with Crippen molar-refractivity contribution in [2.24, 2.45) is 0 Å². The van der Waals surface area contributed by atoms with Crippen molar-refractivity contribution in [1.29, 1.82) is 0 Å². The van der Waals surface area contributed by atoms with Crippen molar-refractivity contribution in [2.75, 3.05) is 11.9 Å². The van der Waals surface area contributed by atoms with Gasteiger partial charge in [-0.25, -0.2) is 4.90 Å². The van der Waals surface area contributed by atoms with Gasteiger partial charge in [0.05, 0.1) is 22.9 Å². The fraction of sp³-hybridized carbons (Fsp3) is 0.192. The van der Waals surface area contributed by atoms with Crippen molar-refractivity contribution in [1.82, 2.24) is 4.90 Å². The molecule has 0 saturated heterocycles. The minimum Gasteiger partial charge on any atom is -0.335 e. The Morgan fingerprint density at radius 3 is 2.26 bits per heavy atom. The molecule has 0 aromatic heterocycles. The van der Waals surface area contributed by atoms with E-state index in [1.54, 1.807) is 24.1 Å². The molecule has 1 aliphatic rings. The number of imide groups is 1. The average molecular weight is 412 g/mol. The van der Waals surface area contributed by atoms with E-state index in [-0.39, 0.29) is 23.4 Å². The normalized spacial score (nSPS) is 13.9. The lowest BCUT2D eigenvalue weighted by Crippen LogP contribution is -2.30. The number of anilines is 1. The van der Waals surface area contributed by atoms with Crippen molar-refractivity contribution < 1.29 is 14.4 Å². The Kier molecular flexibility index (Phi) is 5.19. The Labute approximate surface area is 181 Å². The number of aryl methyl sites for hydroxylation is 2. The number of rotatable bonds is 4. The van der Waals surface area contributed by atoms with E-state index in [4.69, 9.17) is 0 Å². The summed E-state index contributed by atoms with van der Waals surface area (Å²) < 4.78 is 0. The summed E-state index contributed by atoms with van der Waals surface area (Å²) in [5.74, 6) is -0.967. The molecule has 0 saturated carbocycles. The SMILES string of the molecule is Cc1ccc(C)c(N2C(=O)c3ccc(C(=O)N(C)[C@H](C)c4ccccc4)cc3C2=O)c1. The molecule has 31 heavy (non-hydrogen) atoms. The zero-order valence-corrected chi connectivity index (χ0v) is 18.0. The van der Waals surface area contributed by atoms with Crippen LogP contribution in [0.4, 0.5) is 5.69 Å².